The fourth-order valence-electron chi connectivity index (χ4n) is 1.90. The van der Waals surface area contributed by atoms with Crippen molar-refractivity contribution < 1.29 is 24.1 Å². The number of methoxy groups -OCH3 is 2. The maximum Gasteiger partial charge on any atom is 0.319 e. The lowest BCUT2D eigenvalue weighted by molar-refractivity contribution is 0.0418. The number of aliphatic hydroxyl groups is 1. The van der Waals surface area contributed by atoms with Crippen LogP contribution in [0.25, 0.3) is 0 Å². The summed E-state index contributed by atoms with van der Waals surface area (Å²) in [6.07, 6.45) is -0.0729. The highest BCUT2D eigenvalue weighted by atomic mass is 16.5. The van der Waals surface area contributed by atoms with Gasteiger partial charge < -0.3 is 29.5 Å². The first-order valence-corrected chi connectivity index (χ1v) is 6.19. The number of nitrogens with zero attached hydrogens (tertiary/aromatic N) is 1. The third-order valence-electron chi connectivity index (χ3n) is 2.99. The zero-order valence-electron chi connectivity index (χ0n) is 11.5. The molecule has 20 heavy (non-hydrogen) atoms. The molecule has 0 atom stereocenters. The first-order valence-electron chi connectivity index (χ1n) is 6.19. The predicted molar refractivity (Wildman–Crippen MR) is 71.2 cm³/mol. The lowest BCUT2D eigenvalue weighted by Gasteiger charge is -2.38. The normalized spacial score (nSPS) is 14.4. The quantitative estimate of drug-likeness (QED) is 0.765. The summed E-state index contributed by atoms with van der Waals surface area (Å²) in [6, 6.07) is 4.99. The third-order valence-corrected chi connectivity index (χ3v) is 2.99. The van der Waals surface area contributed by atoms with Gasteiger partial charge in [-0.1, -0.05) is 0 Å². The zero-order chi connectivity index (χ0) is 14.5. The number of urea groups is 1. The molecule has 0 aromatic heterocycles. The number of likely N-dealkylation sites (tertiary alicyclic amines) is 1. The number of carbonyl (C=O) groups is 1. The van der Waals surface area contributed by atoms with E-state index in [2.05, 4.69) is 5.32 Å². The number of rotatable bonds is 5. The van der Waals surface area contributed by atoms with Crippen molar-refractivity contribution in [2.45, 2.75) is 6.10 Å². The Labute approximate surface area is 117 Å². The summed E-state index contributed by atoms with van der Waals surface area (Å²) in [4.78, 5) is 12.9. The molecule has 2 amide bonds. The molecule has 1 aromatic rings. The smallest absolute Gasteiger partial charge is 0.319 e. The van der Waals surface area contributed by atoms with Gasteiger partial charge in [0.2, 0.25) is 0 Å². The van der Waals surface area contributed by atoms with E-state index < -0.39 is 0 Å². The molecule has 1 heterocycles. The van der Waals surface area contributed by atoms with Crippen molar-refractivity contribution >= 4 is 6.03 Å². The highest BCUT2D eigenvalue weighted by Gasteiger charge is 2.32. The van der Waals surface area contributed by atoms with Gasteiger partial charge in [0.15, 0.2) is 0 Å². The minimum absolute atomic E-state index is 0.0729. The van der Waals surface area contributed by atoms with Crippen molar-refractivity contribution in [3.63, 3.8) is 0 Å². The zero-order valence-corrected chi connectivity index (χ0v) is 11.5. The first-order chi connectivity index (χ1) is 9.66. The molecule has 0 aliphatic carbocycles. The summed E-state index contributed by atoms with van der Waals surface area (Å²) in [5, 5.41) is 10.9. The molecule has 1 fully saturated rings. The number of ether oxygens (including phenoxy) is 3. The fourth-order valence-corrected chi connectivity index (χ4v) is 1.90. The van der Waals surface area contributed by atoms with Crippen molar-refractivity contribution in [3.8, 4) is 17.2 Å². The average molecular weight is 282 g/mol. The van der Waals surface area contributed by atoms with Gasteiger partial charge in [-0.2, -0.15) is 0 Å². The molecular formula is C13H18N2O5. The average Bonchev–Trinajstić information content (AvgIpc) is 2.42. The standard InChI is InChI=1S/C13H18N2O5/c1-18-9-3-10(19-2)5-11(4-9)20-12-6-15(7-12)13(17)14-8-16/h3-5,12,16H,6-8H2,1-2H3,(H,14,17). The second-order valence-corrected chi connectivity index (χ2v) is 4.33. The second kappa shape index (κ2) is 6.33. The number of amides is 2. The molecule has 7 nitrogen and oxygen atoms in total. The van der Waals surface area contributed by atoms with Crippen molar-refractivity contribution in [1.82, 2.24) is 10.2 Å². The minimum Gasteiger partial charge on any atom is -0.496 e. The van der Waals surface area contributed by atoms with Gasteiger partial charge >= 0.3 is 6.03 Å². The van der Waals surface area contributed by atoms with Gasteiger partial charge in [0.05, 0.1) is 27.3 Å². The van der Waals surface area contributed by atoms with Gasteiger partial charge in [-0.05, 0) is 0 Å². The molecule has 0 bridgehead atoms. The number of benzene rings is 1. The molecule has 1 aromatic carbocycles. The van der Waals surface area contributed by atoms with E-state index in [1.807, 2.05) is 0 Å². The summed E-state index contributed by atoms with van der Waals surface area (Å²) >= 11 is 0. The monoisotopic (exact) mass is 282 g/mol. The van der Waals surface area contributed by atoms with Crippen LogP contribution >= 0.6 is 0 Å². The number of hydrogen-bond acceptors (Lipinski definition) is 5. The number of hydrogen-bond donors (Lipinski definition) is 2. The maximum absolute atomic E-state index is 11.4. The van der Waals surface area contributed by atoms with Crippen LogP contribution in [-0.2, 0) is 0 Å². The Kier molecular flexibility index (Phi) is 4.52. The van der Waals surface area contributed by atoms with Gasteiger partial charge in [-0.25, -0.2) is 4.79 Å². The number of carbonyl (C=O) groups excluding carboxylic acids is 1. The Morgan fingerprint density at radius 2 is 1.80 bits per heavy atom. The van der Waals surface area contributed by atoms with E-state index in [9.17, 15) is 4.79 Å². The molecule has 0 radical (unpaired) electrons. The Bertz CT molecular complexity index is 452. The van der Waals surface area contributed by atoms with Crippen molar-refractivity contribution in [2.75, 3.05) is 34.0 Å². The number of nitrogens with one attached hydrogen (secondary N) is 1. The Balaban J connectivity index is 1.91. The van der Waals surface area contributed by atoms with Crippen LogP contribution < -0.4 is 19.5 Å². The summed E-state index contributed by atoms with van der Waals surface area (Å²) in [6.45, 7) is 0.588. The van der Waals surface area contributed by atoms with Crippen LogP contribution in [-0.4, -0.2) is 56.2 Å². The van der Waals surface area contributed by atoms with Gasteiger partial charge in [-0.3, -0.25) is 0 Å². The van der Waals surface area contributed by atoms with Gasteiger partial charge in [0.25, 0.3) is 0 Å². The van der Waals surface area contributed by atoms with E-state index in [-0.39, 0.29) is 18.9 Å². The van der Waals surface area contributed by atoms with Crippen LogP contribution in [0.1, 0.15) is 0 Å². The molecule has 0 unspecified atom stereocenters. The minimum atomic E-state index is -0.367. The van der Waals surface area contributed by atoms with E-state index in [4.69, 9.17) is 19.3 Å². The van der Waals surface area contributed by atoms with Crippen molar-refractivity contribution in [1.29, 1.82) is 0 Å². The van der Waals surface area contributed by atoms with Gasteiger partial charge in [0.1, 0.15) is 30.1 Å². The highest BCUT2D eigenvalue weighted by molar-refractivity contribution is 5.75. The van der Waals surface area contributed by atoms with Crippen LogP contribution in [0.4, 0.5) is 4.79 Å². The molecule has 2 rings (SSSR count). The largest absolute Gasteiger partial charge is 0.496 e. The predicted octanol–water partition coefficient (Wildman–Crippen LogP) is 0.426. The van der Waals surface area contributed by atoms with E-state index >= 15 is 0 Å². The second-order valence-electron chi connectivity index (χ2n) is 4.33. The topological polar surface area (TPSA) is 80.3 Å². The molecule has 1 saturated heterocycles. The summed E-state index contributed by atoms with van der Waals surface area (Å²) in [5.74, 6) is 1.93. The molecule has 1 aliphatic rings. The van der Waals surface area contributed by atoms with Crippen LogP contribution in [0.5, 0.6) is 17.2 Å². The summed E-state index contributed by atoms with van der Waals surface area (Å²) < 4.78 is 16.1. The Morgan fingerprint density at radius 3 is 2.30 bits per heavy atom. The van der Waals surface area contributed by atoms with E-state index in [1.165, 1.54) is 0 Å². The molecule has 0 saturated carbocycles. The van der Waals surface area contributed by atoms with Crippen molar-refractivity contribution in [2.24, 2.45) is 0 Å². The summed E-state index contributed by atoms with van der Waals surface area (Å²) in [7, 11) is 3.14. The molecule has 2 N–H and O–H groups in total. The SMILES string of the molecule is COc1cc(OC)cc(OC2CN(C(=O)NCO)C2)c1. The van der Waals surface area contributed by atoms with Crippen LogP contribution in [0.3, 0.4) is 0 Å². The van der Waals surface area contributed by atoms with Gasteiger partial charge in [0, 0.05) is 18.2 Å². The van der Waals surface area contributed by atoms with Crippen molar-refractivity contribution in [3.05, 3.63) is 18.2 Å². The molecule has 0 spiro atoms. The van der Waals surface area contributed by atoms with E-state index in [1.54, 1.807) is 37.3 Å². The summed E-state index contributed by atoms with van der Waals surface area (Å²) in [5.41, 5.74) is 0. The van der Waals surface area contributed by atoms with Crippen LogP contribution in [0.2, 0.25) is 0 Å². The maximum atomic E-state index is 11.4. The van der Waals surface area contributed by atoms with E-state index in [0.717, 1.165) is 0 Å². The van der Waals surface area contributed by atoms with Crippen LogP contribution in [0.15, 0.2) is 18.2 Å². The molecule has 1 aliphatic heterocycles. The Morgan fingerprint density at radius 1 is 1.25 bits per heavy atom. The lowest BCUT2D eigenvalue weighted by atomic mass is 10.2. The van der Waals surface area contributed by atoms with Gasteiger partial charge in [-0.15, -0.1) is 0 Å². The molecule has 110 valence electrons. The fraction of sp³-hybridized carbons (Fsp3) is 0.462. The third kappa shape index (κ3) is 3.24. The molecule has 7 heteroatoms. The Hall–Kier alpha value is -2.15. The lowest BCUT2D eigenvalue weighted by Crippen LogP contribution is -2.58. The molecular weight excluding hydrogens is 264 g/mol. The van der Waals surface area contributed by atoms with Crippen LogP contribution in [0, 0.1) is 0 Å². The van der Waals surface area contributed by atoms with E-state index in [0.29, 0.717) is 30.3 Å². The number of aliphatic hydroxyl groups excluding tert-OH is 1. The first kappa shape index (κ1) is 14.3. The highest BCUT2D eigenvalue weighted by Crippen LogP contribution is 2.29.